The van der Waals surface area contributed by atoms with Crippen LogP contribution < -0.4 is 11.1 Å². The van der Waals surface area contributed by atoms with Gasteiger partial charge in [-0.15, -0.1) is 0 Å². The Morgan fingerprint density at radius 1 is 1.19 bits per heavy atom. The summed E-state index contributed by atoms with van der Waals surface area (Å²) in [7, 11) is 0. The van der Waals surface area contributed by atoms with Crippen LogP contribution in [0.25, 0.3) is 0 Å². The number of carbonyl (C=O) groups is 1. The second kappa shape index (κ2) is 6.26. The van der Waals surface area contributed by atoms with Crippen LogP contribution in [-0.2, 0) is 6.54 Å². The highest BCUT2D eigenvalue weighted by atomic mass is 79.9. The van der Waals surface area contributed by atoms with Crippen LogP contribution in [-0.4, -0.2) is 5.91 Å². The molecule has 3 nitrogen and oxygen atoms in total. The minimum atomic E-state index is -0.220. The van der Waals surface area contributed by atoms with Gasteiger partial charge >= 0.3 is 0 Å². The summed E-state index contributed by atoms with van der Waals surface area (Å²) in [5.74, 6) is -0.424. The number of nitrogens with two attached hydrogens (primary N) is 1. The van der Waals surface area contributed by atoms with E-state index in [9.17, 15) is 9.18 Å². The first-order valence-electron chi connectivity index (χ1n) is 6.46. The molecule has 110 valence electrons. The summed E-state index contributed by atoms with van der Waals surface area (Å²) >= 11 is 3.30. The smallest absolute Gasteiger partial charge is 0.251 e. The highest BCUT2D eigenvalue weighted by Gasteiger charge is 2.09. The second-order valence-corrected chi connectivity index (χ2v) is 5.92. The predicted octanol–water partition coefficient (Wildman–Crippen LogP) is 3.72. The molecule has 0 unspecified atom stereocenters. The van der Waals surface area contributed by atoms with Crippen LogP contribution in [0.5, 0.6) is 0 Å². The Kier molecular flexibility index (Phi) is 4.63. The van der Waals surface area contributed by atoms with E-state index in [0.717, 1.165) is 10.0 Å². The lowest BCUT2D eigenvalue weighted by atomic mass is 10.1. The van der Waals surface area contributed by atoms with Crippen LogP contribution in [0.4, 0.5) is 10.1 Å². The van der Waals surface area contributed by atoms with Crippen LogP contribution >= 0.6 is 15.9 Å². The zero-order chi connectivity index (χ0) is 15.6. The molecule has 21 heavy (non-hydrogen) atoms. The number of aryl methyl sites for hydroxylation is 2. The molecule has 0 fully saturated rings. The van der Waals surface area contributed by atoms with Crippen molar-refractivity contribution in [3.8, 4) is 0 Å². The molecule has 0 aliphatic carbocycles. The number of amides is 1. The zero-order valence-corrected chi connectivity index (χ0v) is 13.4. The molecule has 0 aliphatic rings. The third-order valence-corrected chi connectivity index (χ3v) is 3.59. The Bertz CT molecular complexity index is 657. The van der Waals surface area contributed by atoms with Crippen molar-refractivity contribution < 1.29 is 9.18 Å². The number of nitrogen functional groups attached to an aromatic ring is 1. The maximum Gasteiger partial charge on any atom is 0.251 e. The molecule has 0 aliphatic heterocycles. The summed E-state index contributed by atoms with van der Waals surface area (Å²) in [6, 6.07) is 8.51. The topological polar surface area (TPSA) is 55.1 Å². The molecule has 0 aromatic heterocycles. The van der Waals surface area contributed by atoms with Crippen molar-refractivity contribution in [3.63, 3.8) is 0 Å². The number of benzene rings is 2. The van der Waals surface area contributed by atoms with Crippen LogP contribution in [0.15, 0.2) is 34.8 Å². The summed E-state index contributed by atoms with van der Waals surface area (Å²) in [5.41, 5.74) is 8.72. The van der Waals surface area contributed by atoms with Gasteiger partial charge in [0.05, 0.1) is 0 Å². The van der Waals surface area contributed by atoms with E-state index in [4.69, 9.17) is 5.73 Å². The van der Waals surface area contributed by atoms with Gasteiger partial charge in [-0.3, -0.25) is 4.79 Å². The summed E-state index contributed by atoms with van der Waals surface area (Å²) in [5, 5.41) is 2.81. The van der Waals surface area contributed by atoms with E-state index in [1.165, 1.54) is 0 Å². The lowest BCUT2D eigenvalue weighted by molar-refractivity contribution is 0.0951. The lowest BCUT2D eigenvalue weighted by Gasteiger charge is -2.09. The van der Waals surface area contributed by atoms with Crippen LogP contribution in [0, 0.1) is 19.7 Å². The average Bonchev–Trinajstić information content (AvgIpc) is 2.40. The Balaban J connectivity index is 2.11. The van der Waals surface area contributed by atoms with Gasteiger partial charge in [-0.05, 0) is 48.7 Å². The minimum Gasteiger partial charge on any atom is -0.399 e. The van der Waals surface area contributed by atoms with Gasteiger partial charge in [0.2, 0.25) is 0 Å². The van der Waals surface area contributed by atoms with E-state index in [2.05, 4.69) is 21.2 Å². The van der Waals surface area contributed by atoms with Gasteiger partial charge in [-0.2, -0.15) is 0 Å². The van der Waals surface area contributed by atoms with E-state index in [1.54, 1.807) is 44.2 Å². The van der Waals surface area contributed by atoms with Crippen molar-refractivity contribution in [3.05, 3.63) is 62.9 Å². The Morgan fingerprint density at radius 3 is 2.38 bits per heavy atom. The van der Waals surface area contributed by atoms with E-state index in [0.29, 0.717) is 28.9 Å². The summed E-state index contributed by atoms with van der Waals surface area (Å²) in [4.78, 5) is 12.1. The monoisotopic (exact) mass is 350 g/mol. The lowest BCUT2D eigenvalue weighted by Crippen LogP contribution is -2.23. The molecule has 0 bridgehead atoms. The molecule has 0 heterocycles. The fraction of sp³-hybridized carbons (Fsp3) is 0.188. The third kappa shape index (κ3) is 3.82. The Morgan fingerprint density at radius 2 is 1.81 bits per heavy atom. The summed E-state index contributed by atoms with van der Waals surface area (Å²) < 4.78 is 14.3. The average molecular weight is 351 g/mol. The maximum absolute atomic E-state index is 13.6. The van der Waals surface area contributed by atoms with Gasteiger partial charge in [0.25, 0.3) is 5.91 Å². The van der Waals surface area contributed by atoms with Crippen LogP contribution in [0.3, 0.4) is 0 Å². The maximum atomic E-state index is 13.6. The second-order valence-electron chi connectivity index (χ2n) is 5.00. The van der Waals surface area contributed by atoms with Crippen LogP contribution in [0.2, 0.25) is 0 Å². The predicted molar refractivity (Wildman–Crippen MR) is 85.6 cm³/mol. The number of hydrogen-bond donors (Lipinski definition) is 2. The van der Waals surface area contributed by atoms with Crippen molar-refractivity contribution in [2.75, 3.05) is 5.73 Å². The highest BCUT2D eigenvalue weighted by Crippen LogP contribution is 2.18. The van der Waals surface area contributed by atoms with Crippen molar-refractivity contribution in [1.29, 1.82) is 0 Å². The molecule has 2 aromatic carbocycles. The van der Waals surface area contributed by atoms with Crippen molar-refractivity contribution in [1.82, 2.24) is 5.32 Å². The fourth-order valence-electron chi connectivity index (χ4n) is 2.17. The largest absolute Gasteiger partial charge is 0.399 e. The number of rotatable bonds is 3. The number of hydrogen-bond acceptors (Lipinski definition) is 2. The first kappa shape index (κ1) is 15.5. The Hall–Kier alpha value is -1.88. The number of carbonyl (C=O) groups excluding carboxylic acids is 1. The Labute approximate surface area is 131 Å². The third-order valence-electron chi connectivity index (χ3n) is 3.13. The molecule has 0 atom stereocenters. The molecule has 2 rings (SSSR count). The normalized spacial score (nSPS) is 10.5. The molecular weight excluding hydrogens is 335 g/mol. The minimum absolute atomic E-state index is 0.204. The molecule has 2 aromatic rings. The van der Waals surface area contributed by atoms with Gasteiger partial charge in [0.1, 0.15) is 5.82 Å². The molecule has 0 saturated heterocycles. The highest BCUT2D eigenvalue weighted by molar-refractivity contribution is 9.10. The molecule has 0 saturated carbocycles. The SMILES string of the molecule is Cc1cc(CNC(=O)c2cc(N)cc(Br)c2)cc(C)c1F. The first-order valence-corrected chi connectivity index (χ1v) is 7.26. The number of nitrogens with one attached hydrogen (secondary N) is 1. The molecule has 0 radical (unpaired) electrons. The molecular formula is C16H16BrFN2O. The van der Waals surface area contributed by atoms with Crippen molar-refractivity contribution >= 4 is 27.5 Å². The molecule has 3 N–H and O–H groups in total. The number of halogens is 2. The van der Waals surface area contributed by atoms with Gasteiger partial charge in [-0.25, -0.2) is 4.39 Å². The van der Waals surface area contributed by atoms with Crippen molar-refractivity contribution in [2.45, 2.75) is 20.4 Å². The van der Waals surface area contributed by atoms with Crippen molar-refractivity contribution in [2.24, 2.45) is 0 Å². The van der Waals surface area contributed by atoms with Gasteiger partial charge in [0.15, 0.2) is 0 Å². The van der Waals surface area contributed by atoms with E-state index < -0.39 is 0 Å². The van der Waals surface area contributed by atoms with Gasteiger partial charge < -0.3 is 11.1 Å². The van der Waals surface area contributed by atoms with Gasteiger partial charge in [-0.1, -0.05) is 28.1 Å². The van der Waals surface area contributed by atoms with E-state index in [-0.39, 0.29) is 11.7 Å². The quantitative estimate of drug-likeness (QED) is 0.829. The fourth-order valence-corrected chi connectivity index (χ4v) is 2.68. The molecule has 5 heteroatoms. The van der Waals surface area contributed by atoms with Crippen LogP contribution in [0.1, 0.15) is 27.0 Å². The van der Waals surface area contributed by atoms with Gasteiger partial charge in [0, 0.05) is 22.3 Å². The van der Waals surface area contributed by atoms with E-state index in [1.807, 2.05) is 0 Å². The standard InChI is InChI=1S/C16H16BrFN2O/c1-9-3-11(4-10(2)15(9)18)8-20-16(21)12-5-13(17)7-14(19)6-12/h3-7H,8,19H2,1-2H3,(H,20,21). The zero-order valence-electron chi connectivity index (χ0n) is 11.8. The summed E-state index contributed by atoms with van der Waals surface area (Å²) in [6.07, 6.45) is 0. The molecule has 1 amide bonds. The first-order chi connectivity index (χ1) is 9.86. The van der Waals surface area contributed by atoms with E-state index >= 15 is 0 Å². The molecule has 0 spiro atoms. The number of anilines is 1. The summed E-state index contributed by atoms with van der Waals surface area (Å²) in [6.45, 7) is 3.76.